The summed E-state index contributed by atoms with van der Waals surface area (Å²) in [5.74, 6) is 0. The quantitative estimate of drug-likeness (QED) is 0.561. The zero-order chi connectivity index (χ0) is 15.3. The van der Waals surface area contributed by atoms with E-state index in [1.807, 2.05) is 0 Å². The van der Waals surface area contributed by atoms with E-state index in [0.29, 0.717) is 0 Å². The van der Waals surface area contributed by atoms with E-state index < -0.39 is 10.4 Å². The molecule has 0 unspecified atom stereocenters. The topological polar surface area (TPSA) is 153 Å². The third-order valence-electron chi connectivity index (χ3n) is 3.92. The number of hydrogen-bond acceptors (Lipinski definition) is 4. The minimum atomic E-state index is -4.67. The summed E-state index contributed by atoms with van der Waals surface area (Å²) in [4.78, 5) is 2.68. The maximum Gasteiger partial charge on any atom is 0.394 e. The summed E-state index contributed by atoms with van der Waals surface area (Å²) in [6, 6.07) is 9.70. The second kappa shape index (κ2) is 9.93. The molecule has 134 valence electrons. The van der Waals surface area contributed by atoms with Gasteiger partial charge in [0.15, 0.2) is 0 Å². The van der Waals surface area contributed by atoms with Crippen LogP contribution in [0.1, 0.15) is 17.5 Å². The van der Waals surface area contributed by atoms with Crippen LogP contribution in [0, 0.1) is 0 Å². The molecule has 1 aliphatic carbocycles. The second-order valence-corrected chi connectivity index (χ2v) is 6.31. The van der Waals surface area contributed by atoms with Gasteiger partial charge in [-0.1, -0.05) is 24.3 Å². The molecule has 1 aliphatic heterocycles. The Bertz CT molecular complexity index is 525. The van der Waals surface area contributed by atoms with Crippen LogP contribution in [-0.2, 0) is 23.2 Å². The molecule has 1 fully saturated rings. The van der Waals surface area contributed by atoms with Crippen molar-refractivity contribution in [2.45, 2.75) is 25.3 Å². The van der Waals surface area contributed by atoms with Crippen molar-refractivity contribution in [3.63, 3.8) is 0 Å². The number of fused-ring (bicyclic) bond motifs is 1. The Kier molecular flexibility index (Phi) is 9.47. The van der Waals surface area contributed by atoms with Gasteiger partial charge >= 0.3 is 10.4 Å². The lowest BCUT2D eigenvalue weighted by atomic mass is 10.1. The Hall–Kier alpha value is -1.07. The molecule has 7 N–H and O–H groups in total. The van der Waals surface area contributed by atoms with Gasteiger partial charge in [-0.3, -0.25) is 14.0 Å². The highest BCUT2D eigenvalue weighted by Crippen LogP contribution is 2.25. The molecule has 0 amide bonds. The molecule has 1 saturated heterocycles. The van der Waals surface area contributed by atoms with Crippen LogP contribution in [0.2, 0.25) is 0 Å². The van der Waals surface area contributed by atoms with Gasteiger partial charge in [0, 0.05) is 19.1 Å². The van der Waals surface area contributed by atoms with E-state index in [9.17, 15) is 0 Å². The van der Waals surface area contributed by atoms with Crippen LogP contribution in [-0.4, -0.2) is 65.6 Å². The van der Waals surface area contributed by atoms with Crippen LogP contribution in [0.25, 0.3) is 0 Å². The Morgan fingerprint density at radius 1 is 1.00 bits per heavy atom. The van der Waals surface area contributed by atoms with Crippen LogP contribution in [0.15, 0.2) is 24.3 Å². The molecule has 2 aliphatic rings. The highest BCUT2D eigenvalue weighted by molar-refractivity contribution is 7.79. The third kappa shape index (κ3) is 7.84. The summed E-state index contributed by atoms with van der Waals surface area (Å²) in [5, 5.41) is 3.48. The van der Waals surface area contributed by atoms with Crippen LogP contribution in [0.4, 0.5) is 0 Å². The van der Waals surface area contributed by atoms with Crippen molar-refractivity contribution in [2.75, 3.05) is 26.2 Å². The first-order valence-electron chi connectivity index (χ1n) is 7.15. The van der Waals surface area contributed by atoms with E-state index in [0.717, 1.165) is 12.6 Å². The van der Waals surface area contributed by atoms with E-state index in [-0.39, 0.29) is 11.0 Å². The van der Waals surface area contributed by atoms with Crippen LogP contribution < -0.4 is 5.32 Å². The molecule has 0 atom stereocenters. The normalized spacial score (nSPS) is 18.5. The Morgan fingerprint density at radius 3 is 2.04 bits per heavy atom. The first-order chi connectivity index (χ1) is 9.93. The van der Waals surface area contributed by atoms with Gasteiger partial charge in [-0.15, -0.1) is 0 Å². The van der Waals surface area contributed by atoms with Crippen LogP contribution in [0.5, 0.6) is 0 Å². The van der Waals surface area contributed by atoms with Gasteiger partial charge in [0.2, 0.25) is 0 Å². The van der Waals surface area contributed by atoms with E-state index in [2.05, 4.69) is 34.5 Å². The van der Waals surface area contributed by atoms with Crippen molar-refractivity contribution in [1.29, 1.82) is 0 Å². The van der Waals surface area contributed by atoms with E-state index in [1.165, 1.54) is 38.9 Å². The van der Waals surface area contributed by atoms with Gasteiger partial charge in [0.25, 0.3) is 0 Å². The average Bonchev–Trinajstić information content (AvgIpc) is 2.63. The molecular weight excluding hydrogens is 324 g/mol. The van der Waals surface area contributed by atoms with Gasteiger partial charge in [-0.05, 0) is 43.5 Å². The van der Waals surface area contributed by atoms with Gasteiger partial charge in [0.1, 0.15) is 0 Å². The average molecular weight is 350 g/mol. The number of hydrogen-bond donors (Lipinski definition) is 3. The first-order valence-corrected chi connectivity index (χ1v) is 8.54. The van der Waals surface area contributed by atoms with Crippen LogP contribution >= 0.6 is 0 Å². The summed E-state index contributed by atoms with van der Waals surface area (Å²) in [6.45, 7) is 4.84. The lowest BCUT2D eigenvalue weighted by Gasteiger charge is -2.26. The fourth-order valence-electron chi connectivity index (χ4n) is 3.03. The molecule has 23 heavy (non-hydrogen) atoms. The standard InChI is InChI=1S/C14H20N2.H2O4S.2H2O/c1-2-5-13-11-14(10-12(13)4-1)16-8-3-6-15-7-9-16;1-5(2,3)4;;/h1-2,4-5,14-15H,3,6-11H2;(H2,1,2,3,4);2*1H2. The van der Waals surface area contributed by atoms with Crippen molar-refractivity contribution < 1.29 is 28.5 Å². The molecule has 0 bridgehead atoms. The molecule has 1 aromatic carbocycles. The van der Waals surface area contributed by atoms with Crippen molar-refractivity contribution >= 4 is 10.4 Å². The van der Waals surface area contributed by atoms with E-state index >= 15 is 0 Å². The fourth-order valence-corrected chi connectivity index (χ4v) is 3.03. The summed E-state index contributed by atoms with van der Waals surface area (Å²) in [5.41, 5.74) is 3.15. The smallest absolute Gasteiger partial charge is 0.394 e. The lowest BCUT2D eigenvalue weighted by molar-refractivity contribution is 0.215. The van der Waals surface area contributed by atoms with Gasteiger partial charge < -0.3 is 16.3 Å². The predicted molar refractivity (Wildman–Crippen MR) is 88.1 cm³/mol. The van der Waals surface area contributed by atoms with Crippen LogP contribution in [0.3, 0.4) is 0 Å². The summed E-state index contributed by atoms with van der Waals surface area (Å²) in [7, 11) is -4.67. The van der Waals surface area contributed by atoms with Crippen molar-refractivity contribution in [3.05, 3.63) is 35.4 Å². The van der Waals surface area contributed by atoms with Crippen molar-refractivity contribution in [1.82, 2.24) is 10.2 Å². The molecule has 1 heterocycles. The van der Waals surface area contributed by atoms with Gasteiger partial charge in [-0.2, -0.15) is 8.42 Å². The minimum Gasteiger partial charge on any atom is -0.412 e. The molecule has 3 rings (SSSR count). The molecule has 0 aromatic heterocycles. The molecule has 9 heteroatoms. The summed E-state index contributed by atoms with van der Waals surface area (Å²) >= 11 is 0. The highest BCUT2D eigenvalue weighted by atomic mass is 32.3. The van der Waals surface area contributed by atoms with Gasteiger partial charge in [0.05, 0.1) is 0 Å². The Labute approximate surface area is 136 Å². The van der Waals surface area contributed by atoms with Gasteiger partial charge in [-0.25, -0.2) is 0 Å². The molecule has 0 spiro atoms. The highest BCUT2D eigenvalue weighted by Gasteiger charge is 2.26. The molecule has 1 aromatic rings. The molecular formula is C14H26N2O6S. The third-order valence-corrected chi connectivity index (χ3v) is 3.92. The maximum atomic E-state index is 8.74. The van der Waals surface area contributed by atoms with Crippen molar-refractivity contribution in [2.24, 2.45) is 0 Å². The zero-order valence-corrected chi connectivity index (χ0v) is 13.7. The van der Waals surface area contributed by atoms with E-state index in [1.54, 1.807) is 11.1 Å². The summed E-state index contributed by atoms with van der Waals surface area (Å²) in [6.07, 6.45) is 3.82. The van der Waals surface area contributed by atoms with E-state index in [4.69, 9.17) is 17.5 Å². The summed E-state index contributed by atoms with van der Waals surface area (Å²) < 4.78 is 31.6. The number of nitrogens with zero attached hydrogens (tertiary/aromatic N) is 1. The number of benzene rings is 1. The molecule has 0 saturated carbocycles. The molecule has 8 nitrogen and oxygen atoms in total. The second-order valence-electron chi connectivity index (χ2n) is 5.42. The van der Waals surface area contributed by atoms with Crippen molar-refractivity contribution in [3.8, 4) is 0 Å². The molecule has 0 radical (unpaired) electrons. The largest absolute Gasteiger partial charge is 0.412 e. The SMILES string of the molecule is O.O.O=S(=O)(O)O.c1ccc2c(c1)CC(N1CCCNCC1)C2. The minimum absolute atomic E-state index is 0. The zero-order valence-electron chi connectivity index (χ0n) is 12.9. The predicted octanol–water partition coefficient (Wildman–Crippen LogP) is -0.853. The monoisotopic (exact) mass is 350 g/mol. The first kappa shape index (κ1) is 21.9. The fraction of sp³-hybridized carbons (Fsp3) is 0.571. The Balaban J connectivity index is 0.000000615. The lowest BCUT2D eigenvalue weighted by Crippen LogP contribution is -2.38. The number of rotatable bonds is 1. The number of nitrogens with one attached hydrogen (secondary N) is 1. The maximum absolute atomic E-state index is 8.74. The Morgan fingerprint density at radius 2 is 1.52 bits per heavy atom.